The van der Waals surface area contributed by atoms with E-state index in [0.717, 1.165) is 41.6 Å². The average molecular weight is 908 g/mol. The highest BCUT2D eigenvalue weighted by Crippen LogP contribution is 2.51. The van der Waals surface area contributed by atoms with Crippen LogP contribution in [0, 0.1) is 28.6 Å². The van der Waals surface area contributed by atoms with Crippen molar-refractivity contribution in [3.05, 3.63) is 157 Å². The van der Waals surface area contributed by atoms with Crippen molar-refractivity contribution >= 4 is 50.5 Å². The summed E-state index contributed by atoms with van der Waals surface area (Å²) in [4.78, 5) is 29.6. The Morgan fingerprint density at radius 3 is 1.75 bits per heavy atom. The summed E-state index contributed by atoms with van der Waals surface area (Å²) < 4.78 is 25.3. The Morgan fingerprint density at radius 1 is 0.723 bits per heavy atom. The molecule has 1 fully saturated rings. The van der Waals surface area contributed by atoms with E-state index in [9.17, 15) is 4.79 Å². The van der Waals surface area contributed by atoms with Crippen molar-refractivity contribution in [1.82, 2.24) is 5.32 Å². The molecule has 0 spiro atoms. The fraction of sp³-hybridized carbons (Fsp3) is 0.393. The number of hydrogen-bond acceptors (Lipinski definition) is 6. The fourth-order valence-electron chi connectivity index (χ4n) is 9.06. The molecule has 1 aliphatic carbocycles. The molecule has 7 nitrogen and oxygen atoms in total. The smallest absolute Gasteiger partial charge is 0.284 e. The topological polar surface area (TPSA) is 83.1 Å². The van der Waals surface area contributed by atoms with Gasteiger partial charge in [0.2, 0.25) is 5.91 Å². The van der Waals surface area contributed by atoms with Crippen molar-refractivity contribution in [2.45, 2.75) is 92.2 Å². The third-order valence-corrected chi connectivity index (χ3v) is 17.3. The molecule has 0 aliphatic heterocycles. The normalized spacial score (nSPS) is 18.3. The largest absolute Gasteiger partial charge is 0.497 e. The Morgan fingerprint density at radius 2 is 1.26 bits per heavy atom. The van der Waals surface area contributed by atoms with E-state index in [4.69, 9.17) is 18.3 Å². The first-order valence-electron chi connectivity index (χ1n) is 23.2. The van der Waals surface area contributed by atoms with Crippen LogP contribution < -0.4 is 35.5 Å². The average Bonchev–Trinajstić information content (AvgIpc) is 3.58. The van der Waals surface area contributed by atoms with Gasteiger partial charge in [-0.2, -0.15) is 0 Å². The van der Waals surface area contributed by atoms with Gasteiger partial charge in [0, 0.05) is 37.1 Å². The molecule has 6 rings (SSSR count). The molecule has 5 aromatic rings. The zero-order valence-electron chi connectivity index (χ0n) is 39.8. The van der Waals surface area contributed by atoms with E-state index in [1.54, 1.807) is 14.2 Å². The monoisotopic (exact) mass is 907 g/mol. The number of benzene rings is 5. The van der Waals surface area contributed by atoms with Gasteiger partial charge in [0.25, 0.3) is 18.1 Å². The number of Topliss-reactive ketones (excluding diaryl/α,β-unsaturated/α-hetero) is 1. The van der Waals surface area contributed by atoms with Crippen LogP contribution in [0.25, 0.3) is 0 Å². The molecule has 4 atom stereocenters. The van der Waals surface area contributed by atoms with Crippen LogP contribution in [0.2, 0.25) is 0 Å². The van der Waals surface area contributed by atoms with Gasteiger partial charge in [0.05, 0.1) is 20.6 Å². The number of ketones is 1. The summed E-state index contributed by atoms with van der Waals surface area (Å²) in [5.41, 5.74) is -0.874. The molecule has 2 radical (unpaired) electrons. The minimum Gasteiger partial charge on any atom is -0.497 e. The molecule has 342 valence electrons. The van der Waals surface area contributed by atoms with Crippen LogP contribution in [0.15, 0.2) is 152 Å². The van der Waals surface area contributed by atoms with E-state index >= 15 is 4.79 Å². The van der Waals surface area contributed by atoms with Crippen LogP contribution in [-0.2, 0) is 25.0 Å². The van der Waals surface area contributed by atoms with E-state index in [1.165, 1.54) is 10.4 Å². The fourth-order valence-corrected chi connectivity index (χ4v) is 13.3. The lowest BCUT2D eigenvalue weighted by atomic mass is 9.70. The van der Waals surface area contributed by atoms with E-state index in [1.807, 2.05) is 54.6 Å². The van der Waals surface area contributed by atoms with E-state index in [-0.39, 0.29) is 53.2 Å². The van der Waals surface area contributed by atoms with Gasteiger partial charge < -0.3 is 23.6 Å². The van der Waals surface area contributed by atoms with Crippen molar-refractivity contribution < 1.29 is 27.9 Å². The summed E-state index contributed by atoms with van der Waals surface area (Å²) in [6, 6.07) is 47.2. The van der Waals surface area contributed by atoms with Crippen molar-refractivity contribution in [3.8, 4) is 11.5 Å². The number of rotatable bonds is 21. The predicted molar refractivity (Wildman–Crippen MR) is 268 cm³/mol. The molecule has 65 heavy (non-hydrogen) atoms. The van der Waals surface area contributed by atoms with E-state index in [2.05, 4.69) is 144 Å². The van der Waals surface area contributed by atoms with Gasteiger partial charge in [-0.25, -0.2) is 0 Å². The first-order valence-corrected chi connectivity index (χ1v) is 26.0. The molecule has 0 aromatic heterocycles. The van der Waals surface area contributed by atoms with Crippen LogP contribution in [-0.4, -0.2) is 56.2 Å². The zero-order valence-corrected chi connectivity index (χ0v) is 41.8. The summed E-state index contributed by atoms with van der Waals surface area (Å²) in [6.07, 6.45) is 8.95. The Labute approximate surface area is 392 Å². The molecule has 0 saturated heterocycles. The van der Waals surface area contributed by atoms with Crippen molar-refractivity contribution in [2.24, 2.45) is 28.6 Å². The Bertz CT molecular complexity index is 2200. The molecule has 3 unspecified atom stereocenters. The quantitative estimate of drug-likeness (QED) is 0.0450. The predicted octanol–water partition coefficient (Wildman–Crippen LogP) is 9.12. The third-order valence-electron chi connectivity index (χ3n) is 12.9. The number of methoxy groups -OCH3 is 2. The van der Waals surface area contributed by atoms with Crippen LogP contribution in [0.3, 0.4) is 0 Å². The standard InChI is InChI=1S/C56H69NO6Si2/c1-54(2,3)43(24-14-13-23-37-62-64(45-25-15-9-16-26-45)46-27-17-10-18-28-46)34-36-49-50(55(4,5)6)39-52(58)56(49,40-53(59)57-41-42-33-35-44(60-7)38-51(42)61-8)63-65(47-29-19-11-20-30-47)48-31-21-12-22-32-48/h9-12,15-22,25-36,38,43,49-50H,13-14,23-24,37,39-41H2,1-8H3,(H,57,59)/t43-,49?,50?,56?/m0/s1. The van der Waals surface area contributed by atoms with Gasteiger partial charge in [0.1, 0.15) is 17.1 Å². The molecular weight excluding hydrogens is 839 g/mol. The van der Waals surface area contributed by atoms with Gasteiger partial charge in [0.15, 0.2) is 5.78 Å². The Hall–Kier alpha value is -5.07. The molecular formula is C56H69NO6Si2. The van der Waals surface area contributed by atoms with Crippen LogP contribution in [0.5, 0.6) is 11.5 Å². The highest BCUT2D eigenvalue weighted by molar-refractivity contribution is 6.80. The second-order valence-corrected chi connectivity index (χ2v) is 23.5. The molecule has 5 aromatic carbocycles. The van der Waals surface area contributed by atoms with Gasteiger partial charge in [-0.3, -0.25) is 9.59 Å². The molecule has 1 saturated carbocycles. The number of unbranched alkanes of at least 4 members (excludes halogenated alkanes) is 2. The summed E-state index contributed by atoms with van der Waals surface area (Å²) in [6.45, 7) is 14.5. The van der Waals surface area contributed by atoms with Crippen LogP contribution in [0.4, 0.5) is 0 Å². The van der Waals surface area contributed by atoms with Gasteiger partial charge in [-0.1, -0.05) is 188 Å². The first kappa shape index (κ1) is 49.4. The van der Waals surface area contributed by atoms with E-state index < -0.39 is 23.7 Å². The lowest BCUT2D eigenvalue weighted by molar-refractivity contribution is -0.139. The minimum absolute atomic E-state index is 0.0159. The first-order chi connectivity index (χ1) is 31.2. The highest BCUT2D eigenvalue weighted by Gasteiger charge is 2.59. The molecule has 0 bridgehead atoms. The molecule has 9 heteroatoms. The molecule has 1 aliphatic rings. The summed E-state index contributed by atoms with van der Waals surface area (Å²) in [7, 11) is -0.133. The van der Waals surface area contributed by atoms with Crippen molar-refractivity contribution in [3.63, 3.8) is 0 Å². The SMILES string of the molecule is COc1ccc(CNC(=O)CC2(O[Si](c3ccccc3)c3ccccc3)C(=O)CC(C(C)(C)C)C2C=C[C@H](CCCCCO[Si](c2ccccc2)c2ccccc2)C(C)(C)C)c(OC)c1. The number of hydrogen-bond donors (Lipinski definition) is 1. The van der Waals surface area contributed by atoms with Crippen molar-refractivity contribution in [2.75, 3.05) is 20.8 Å². The summed E-state index contributed by atoms with van der Waals surface area (Å²) >= 11 is 0. The molecule has 1 amide bonds. The molecule has 1 N–H and O–H groups in total. The maximum Gasteiger partial charge on any atom is 0.284 e. The maximum atomic E-state index is 15.1. The number of ether oxygens (including phenoxy) is 2. The number of carbonyl (C=O) groups is 2. The highest BCUT2D eigenvalue weighted by atomic mass is 28.3. The maximum absolute atomic E-state index is 15.1. The number of nitrogens with one attached hydrogen (secondary N) is 1. The van der Waals surface area contributed by atoms with Crippen molar-refractivity contribution in [1.29, 1.82) is 0 Å². The summed E-state index contributed by atoms with van der Waals surface area (Å²) in [5, 5.41) is 7.73. The van der Waals surface area contributed by atoms with Gasteiger partial charge >= 0.3 is 0 Å². The summed E-state index contributed by atoms with van der Waals surface area (Å²) in [5.74, 6) is 0.848. The second kappa shape index (κ2) is 22.9. The third kappa shape index (κ3) is 13.1. The second-order valence-electron chi connectivity index (χ2n) is 19.4. The Balaban J connectivity index is 1.27. The minimum atomic E-state index is -2.01. The number of allylic oxidation sites excluding steroid dienone is 1. The van der Waals surface area contributed by atoms with Gasteiger partial charge in [-0.15, -0.1) is 0 Å². The molecule has 0 heterocycles. The number of amides is 1. The lowest BCUT2D eigenvalue weighted by Crippen LogP contribution is -2.57. The van der Waals surface area contributed by atoms with Gasteiger partial charge in [-0.05, 0) is 68.4 Å². The Kier molecular flexibility index (Phi) is 17.4. The zero-order chi connectivity index (χ0) is 46.5. The van der Waals surface area contributed by atoms with Crippen LogP contribution in [0.1, 0.15) is 85.6 Å². The number of carbonyl (C=O) groups excluding carboxylic acids is 2. The van der Waals surface area contributed by atoms with E-state index in [0.29, 0.717) is 24.5 Å². The van der Waals surface area contributed by atoms with Crippen LogP contribution >= 0.6 is 0 Å². The lowest BCUT2D eigenvalue weighted by Gasteiger charge is -2.40.